The number of sulfonamides is 1. The fraction of sp³-hybridized carbons (Fsp3) is 0.417. The molecule has 0 saturated carbocycles. The maximum absolute atomic E-state index is 14.0. The molecular formula is C12H15ClFN3O3S. The zero-order valence-corrected chi connectivity index (χ0v) is 12.9. The average Bonchev–Trinajstić information content (AvgIpc) is 2.42. The zero-order chi connectivity index (χ0) is 16.0. The van der Waals surface area contributed by atoms with Gasteiger partial charge in [-0.3, -0.25) is 0 Å². The molecule has 9 heteroatoms. The maximum Gasteiger partial charge on any atom is 0.246 e. The van der Waals surface area contributed by atoms with Crippen molar-refractivity contribution < 1.29 is 17.5 Å². The van der Waals surface area contributed by atoms with E-state index < -0.39 is 20.7 Å². The average molecular weight is 336 g/mol. The lowest BCUT2D eigenvalue weighted by Crippen LogP contribution is -2.35. The van der Waals surface area contributed by atoms with Crippen molar-refractivity contribution in [3.8, 4) is 6.07 Å². The molecule has 21 heavy (non-hydrogen) atoms. The Hall–Kier alpha value is -1.40. The second kappa shape index (κ2) is 7.56. The number of hydrogen-bond acceptors (Lipinski definition) is 5. The van der Waals surface area contributed by atoms with Crippen LogP contribution < -0.4 is 5.73 Å². The van der Waals surface area contributed by atoms with Crippen LogP contribution in [0.1, 0.15) is 6.42 Å². The van der Waals surface area contributed by atoms with E-state index in [0.29, 0.717) is 0 Å². The third-order valence-corrected chi connectivity index (χ3v) is 4.83. The Morgan fingerprint density at radius 1 is 1.48 bits per heavy atom. The molecule has 0 amide bonds. The first-order valence-electron chi connectivity index (χ1n) is 5.95. The minimum Gasteiger partial charge on any atom is -0.399 e. The minimum atomic E-state index is -4.16. The van der Waals surface area contributed by atoms with E-state index in [1.54, 1.807) is 0 Å². The van der Waals surface area contributed by atoms with Crippen molar-refractivity contribution in [3.63, 3.8) is 0 Å². The van der Waals surface area contributed by atoms with Crippen molar-refractivity contribution >= 4 is 27.3 Å². The van der Waals surface area contributed by atoms with Crippen LogP contribution >= 0.6 is 11.6 Å². The summed E-state index contributed by atoms with van der Waals surface area (Å²) < 4.78 is 44.7. The van der Waals surface area contributed by atoms with Crippen molar-refractivity contribution in [1.82, 2.24) is 4.31 Å². The summed E-state index contributed by atoms with van der Waals surface area (Å²) >= 11 is 5.62. The van der Waals surface area contributed by atoms with Gasteiger partial charge in [0.1, 0.15) is 4.90 Å². The zero-order valence-electron chi connectivity index (χ0n) is 11.3. The molecule has 1 aromatic carbocycles. The quantitative estimate of drug-likeness (QED) is 0.764. The number of halogens is 2. The lowest BCUT2D eigenvalue weighted by atomic mass is 10.3. The van der Waals surface area contributed by atoms with Gasteiger partial charge in [-0.25, -0.2) is 12.8 Å². The molecule has 6 nitrogen and oxygen atoms in total. The number of hydrogen-bond donors (Lipinski definition) is 1. The SMILES string of the molecule is COCCN(CCC#N)S(=O)(=O)c1cc(N)cc(Cl)c1F. The monoisotopic (exact) mass is 335 g/mol. The van der Waals surface area contributed by atoms with Gasteiger partial charge in [0, 0.05) is 32.3 Å². The summed E-state index contributed by atoms with van der Waals surface area (Å²) in [7, 11) is -2.75. The number of anilines is 1. The molecule has 0 atom stereocenters. The van der Waals surface area contributed by atoms with Gasteiger partial charge in [-0.2, -0.15) is 9.57 Å². The van der Waals surface area contributed by atoms with E-state index in [1.807, 2.05) is 6.07 Å². The predicted octanol–water partition coefficient (Wildman–Crippen LogP) is 1.61. The largest absolute Gasteiger partial charge is 0.399 e. The second-order valence-electron chi connectivity index (χ2n) is 4.12. The number of rotatable bonds is 7. The smallest absolute Gasteiger partial charge is 0.246 e. The first-order valence-corrected chi connectivity index (χ1v) is 7.77. The van der Waals surface area contributed by atoms with Gasteiger partial charge in [-0.05, 0) is 12.1 Å². The second-order valence-corrected chi connectivity index (χ2v) is 6.43. The molecule has 0 heterocycles. The van der Waals surface area contributed by atoms with Crippen LogP contribution in [0.2, 0.25) is 5.02 Å². The number of ether oxygens (including phenoxy) is 1. The Kier molecular flexibility index (Phi) is 6.36. The minimum absolute atomic E-state index is 0.00757. The van der Waals surface area contributed by atoms with Crippen LogP contribution in [-0.4, -0.2) is 39.5 Å². The van der Waals surface area contributed by atoms with Crippen molar-refractivity contribution in [2.75, 3.05) is 32.5 Å². The van der Waals surface area contributed by atoms with Gasteiger partial charge in [0.25, 0.3) is 0 Å². The van der Waals surface area contributed by atoms with E-state index in [4.69, 9.17) is 27.3 Å². The van der Waals surface area contributed by atoms with Crippen LogP contribution in [0, 0.1) is 17.1 Å². The van der Waals surface area contributed by atoms with E-state index in [-0.39, 0.29) is 36.8 Å². The van der Waals surface area contributed by atoms with Gasteiger partial charge in [0.15, 0.2) is 5.82 Å². The number of methoxy groups -OCH3 is 1. The van der Waals surface area contributed by atoms with E-state index >= 15 is 0 Å². The van der Waals surface area contributed by atoms with Crippen molar-refractivity contribution in [1.29, 1.82) is 5.26 Å². The molecule has 0 aliphatic carbocycles. The lowest BCUT2D eigenvalue weighted by Gasteiger charge is -2.21. The standard InChI is InChI=1S/C12H15ClFN3O3S/c1-20-6-5-17(4-2-3-15)21(18,19)11-8-9(16)7-10(13)12(11)14/h7-8H,2,4-6,16H2,1H3. The van der Waals surface area contributed by atoms with E-state index in [1.165, 1.54) is 7.11 Å². The van der Waals surface area contributed by atoms with Gasteiger partial charge < -0.3 is 10.5 Å². The summed E-state index contributed by atoms with van der Waals surface area (Å²) in [6.07, 6.45) is -0.0272. The first kappa shape index (κ1) is 17.7. The highest BCUT2D eigenvalue weighted by molar-refractivity contribution is 7.89. The molecule has 0 aliphatic heterocycles. The summed E-state index contributed by atoms with van der Waals surface area (Å²) in [6.45, 7) is 0.0305. The predicted molar refractivity (Wildman–Crippen MR) is 76.7 cm³/mol. The summed E-state index contributed by atoms with van der Waals surface area (Å²) in [5.41, 5.74) is 5.55. The summed E-state index contributed by atoms with van der Waals surface area (Å²) in [5, 5.41) is 8.23. The first-order chi connectivity index (χ1) is 9.84. The molecule has 1 rings (SSSR count). The number of nitrogens with zero attached hydrogens (tertiary/aromatic N) is 2. The molecular weight excluding hydrogens is 321 g/mol. The fourth-order valence-electron chi connectivity index (χ4n) is 1.63. The Balaban J connectivity index is 3.25. The Morgan fingerprint density at radius 2 is 2.14 bits per heavy atom. The van der Waals surface area contributed by atoms with Gasteiger partial charge in [-0.15, -0.1) is 0 Å². The van der Waals surface area contributed by atoms with Gasteiger partial charge in [-0.1, -0.05) is 11.6 Å². The van der Waals surface area contributed by atoms with Gasteiger partial charge >= 0.3 is 0 Å². The molecule has 116 valence electrons. The van der Waals surface area contributed by atoms with E-state index in [9.17, 15) is 12.8 Å². The number of nitrogen functional groups attached to an aromatic ring is 1. The number of nitrogens with two attached hydrogens (primary N) is 1. The molecule has 0 radical (unpaired) electrons. The van der Waals surface area contributed by atoms with Crippen LogP contribution in [0.25, 0.3) is 0 Å². The van der Waals surface area contributed by atoms with Crippen molar-refractivity contribution in [2.24, 2.45) is 0 Å². The summed E-state index contributed by atoms with van der Waals surface area (Å²) in [5.74, 6) is -1.06. The lowest BCUT2D eigenvalue weighted by molar-refractivity contribution is 0.179. The van der Waals surface area contributed by atoms with Crippen LogP contribution in [-0.2, 0) is 14.8 Å². The number of nitriles is 1. The van der Waals surface area contributed by atoms with Crippen LogP contribution in [0.3, 0.4) is 0 Å². The third-order valence-electron chi connectivity index (χ3n) is 2.65. The molecule has 0 saturated heterocycles. The highest BCUT2D eigenvalue weighted by atomic mass is 35.5. The Bertz CT molecular complexity index is 646. The highest BCUT2D eigenvalue weighted by Gasteiger charge is 2.28. The highest BCUT2D eigenvalue weighted by Crippen LogP contribution is 2.28. The maximum atomic E-state index is 14.0. The molecule has 0 spiro atoms. The molecule has 0 fully saturated rings. The summed E-state index contributed by atoms with van der Waals surface area (Å²) in [6, 6.07) is 3.98. The third kappa shape index (κ3) is 4.28. The molecule has 0 unspecified atom stereocenters. The molecule has 1 aromatic rings. The number of benzene rings is 1. The molecule has 0 aliphatic rings. The van der Waals surface area contributed by atoms with Crippen LogP contribution in [0.15, 0.2) is 17.0 Å². The van der Waals surface area contributed by atoms with Crippen molar-refractivity contribution in [2.45, 2.75) is 11.3 Å². The van der Waals surface area contributed by atoms with Gasteiger partial charge in [0.2, 0.25) is 10.0 Å². The van der Waals surface area contributed by atoms with E-state index in [2.05, 4.69) is 0 Å². The van der Waals surface area contributed by atoms with Crippen LogP contribution in [0.5, 0.6) is 0 Å². The fourth-order valence-corrected chi connectivity index (χ4v) is 3.46. The van der Waals surface area contributed by atoms with E-state index in [0.717, 1.165) is 16.4 Å². The van der Waals surface area contributed by atoms with Crippen LogP contribution in [0.4, 0.5) is 10.1 Å². The summed E-state index contributed by atoms with van der Waals surface area (Å²) in [4.78, 5) is -0.610. The normalized spacial score (nSPS) is 11.6. The topological polar surface area (TPSA) is 96.4 Å². The Morgan fingerprint density at radius 3 is 2.71 bits per heavy atom. The molecule has 2 N–H and O–H groups in total. The van der Waals surface area contributed by atoms with Crippen molar-refractivity contribution in [3.05, 3.63) is 23.0 Å². The molecule has 0 aromatic heterocycles. The van der Waals surface area contributed by atoms with Gasteiger partial charge in [0.05, 0.1) is 17.7 Å². The molecule has 0 bridgehead atoms. The Labute approximate surface area is 127 Å².